The SMILES string of the molecule is CC.CNc1ccc(N2CCC3(CC2)OCCO3)cc1. The standard InChI is InChI=1S/C14H20N2O2.C2H6/c1-15-12-2-4-13(5-3-12)16-8-6-14(7-9-16)17-10-11-18-14;1-2/h2-5,15H,6-11H2,1H3;1-2H3. The lowest BCUT2D eigenvalue weighted by Gasteiger charge is -2.38. The third kappa shape index (κ3) is 3.25. The number of anilines is 2. The van der Waals surface area contributed by atoms with Crippen molar-refractivity contribution in [1.82, 2.24) is 0 Å². The van der Waals surface area contributed by atoms with E-state index in [1.165, 1.54) is 5.69 Å². The van der Waals surface area contributed by atoms with Gasteiger partial charge in [0.2, 0.25) is 0 Å². The maximum Gasteiger partial charge on any atom is 0.171 e. The van der Waals surface area contributed by atoms with E-state index < -0.39 is 0 Å². The number of nitrogens with zero attached hydrogens (tertiary/aromatic N) is 1. The van der Waals surface area contributed by atoms with E-state index in [4.69, 9.17) is 9.47 Å². The molecule has 1 aromatic rings. The van der Waals surface area contributed by atoms with Gasteiger partial charge >= 0.3 is 0 Å². The number of piperidine rings is 1. The average molecular weight is 278 g/mol. The summed E-state index contributed by atoms with van der Waals surface area (Å²) in [4.78, 5) is 2.40. The largest absolute Gasteiger partial charge is 0.388 e. The highest BCUT2D eigenvalue weighted by Gasteiger charge is 2.39. The van der Waals surface area contributed by atoms with Crippen LogP contribution in [-0.2, 0) is 9.47 Å². The van der Waals surface area contributed by atoms with Gasteiger partial charge < -0.3 is 19.7 Å². The minimum Gasteiger partial charge on any atom is -0.388 e. The van der Waals surface area contributed by atoms with E-state index in [9.17, 15) is 0 Å². The molecule has 1 N–H and O–H groups in total. The molecule has 0 bridgehead atoms. The smallest absolute Gasteiger partial charge is 0.171 e. The first-order valence-corrected chi connectivity index (χ1v) is 7.62. The number of hydrogen-bond donors (Lipinski definition) is 1. The second kappa shape index (κ2) is 6.95. The van der Waals surface area contributed by atoms with Crippen molar-refractivity contribution in [3.63, 3.8) is 0 Å². The summed E-state index contributed by atoms with van der Waals surface area (Å²) < 4.78 is 11.5. The summed E-state index contributed by atoms with van der Waals surface area (Å²) in [5.74, 6) is -0.276. The van der Waals surface area contributed by atoms with Gasteiger partial charge in [0.15, 0.2) is 5.79 Å². The zero-order valence-corrected chi connectivity index (χ0v) is 12.8. The molecule has 3 rings (SSSR count). The normalized spacial score (nSPS) is 20.4. The zero-order chi connectivity index (χ0) is 14.4. The molecule has 1 spiro atoms. The predicted molar refractivity (Wildman–Crippen MR) is 83.4 cm³/mol. The molecule has 0 aliphatic carbocycles. The molecule has 2 fully saturated rings. The van der Waals surface area contributed by atoms with Crippen LogP contribution in [0.3, 0.4) is 0 Å². The van der Waals surface area contributed by atoms with Crippen LogP contribution in [0.25, 0.3) is 0 Å². The van der Waals surface area contributed by atoms with Crippen molar-refractivity contribution in [3.8, 4) is 0 Å². The molecule has 0 radical (unpaired) electrons. The highest BCUT2D eigenvalue weighted by Crippen LogP contribution is 2.33. The van der Waals surface area contributed by atoms with Crippen LogP contribution in [0.2, 0.25) is 0 Å². The van der Waals surface area contributed by atoms with Crippen LogP contribution >= 0.6 is 0 Å². The first kappa shape index (κ1) is 15.1. The summed E-state index contributed by atoms with van der Waals surface area (Å²) >= 11 is 0. The van der Waals surface area contributed by atoms with Gasteiger partial charge in [-0.1, -0.05) is 13.8 Å². The highest BCUT2D eigenvalue weighted by atomic mass is 16.7. The quantitative estimate of drug-likeness (QED) is 0.901. The lowest BCUT2D eigenvalue weighted by molar-refractivity contribution is -0.169. The lowest BCUT2D eigenvalue weighted by Crippen LogP contribution is -2.45. The summed E-state index contributed by atoms with van der Waals surface area (Å²) in [6, 6.07) is 8.56. The van der Waals surface area contributed by atoms with E-state index in [1.807, 2.05) is 20.9 Å². The van der Waals surface area contributed by atoms with E-state index in [-0.39, 0.29) is 5.79 Å². The number of rotatable bonds is 2. The number of hydrogen-bond acceptors (Lipinski definition) is 4. The van der Waals surface area contributed by atoms with Crippen molar-refractivity contribution in [3.05, 3.63) is 24.3 Å². The van der Waals surface area contributed by atoms with Gasteiger partial charge in [0.05, 0.1) is 13.2 Å². The fraction of sp³-hybridized carbons (Fsp3) is 0.625. The van der Waals surface area contributed by atoms with Crippen LogP contribution in [0.1, 0.15) is 26.7 Å². The summed E-state index contributed by atoms with van der Waals surface area (Å²) in [5, 5.41) is 3.14. The number of benzene rings is 1. The van der Waals surface area contributed by atoms with Crippen molar-refractivity contribution < 1.29 is 9.47 Å². The summed E-state index contributed by atoms with van der Waals surface area (Å²) in [6.07, 6.45) is 1.92. The molecule has 1 aromatic carbocycles. The van der Waals surface area contributed by atoms with E-state index in [1.54, 1.807) is 0 Å². The third-order valence-corrected chi connectivity index (χ3v) is 3.86. The molecule has 2 heterocycles. The molecule has 0 unspecified atom stereocenters. The van der Waals surface area contributed by atoms with Crippen LogP contribution in [0, 0.1) is 0 Å². The Hall–Kier alpha value is -1.26. The average Bonchev–Trinajstić information content (AvgIpc) is 2.98. The first-order chi connectivity index (χ1) is 9.81. The van der Waals surface area contributed by atoms with Crippen LogP contribution in [0.15, 0.2) is 24.3 Å². The Kier molecular flexibility index (Phi) is 5.26. The molecule has 112 valence electrons. The molecule has 0 aromatic heterocycles. The van der Waals surface area contributed by atoms with Crippen LogP contribution in [0.4, 0.5) is 11.4 Å². The van der Waals surface area contributed by atoms with Gasteiger partial charge in [-0.05, 0) is 24.3 Å². The molecular formula is C16H26N2O2. The molecule has 2 aliphatic rings. The van der Waals surface area contributed by atoms with Crippen LogP contribution in [-0.4, -0.2) is 39.1 Å². The third-order valence-electron chi connectivity index (χ3n) is 3.86. The second-order valence-corrected chi connectivity index (χ2v) is 4.89. The monoisotopic (exact) mass is 278 g/mol. The molecular weight excluding hydrogens is 252 g/mol. The lowest BCUT2D eigenvalue weighted by atomic mass is 10.0. The van der Waals surface area contributed by atoms with Gasteiger partial charge in [-0.3, -0.25) is 0 Å². The second-order valence-electron chi connectivity index (χ2n) is 4.89. The van der Waals surface area contributed by atoms with Crippen LogP contribution < -0.4 is 10.2 Å². The minimum atomic E-state index is -0.276. The maximum absolute atomic E-state index is 5.74. The topological polar surface area (TPSA) is 33.7 Å². The van der Waals surface area contributed by atoms with E-state index in [0.717, 1.165) is 44.8 Å². The molecule has 4 heteroatoms. The van der Waals surface area contributed by atoms with E-state index >= 15 is 0 Å². The minimum absolute atomic E-state index is 0.276. The summed E-state index contributed by atoms with van der Waals surface area (Å²) in [5.41, 5.74) is 2.43. The number of ether oxygens (including phenoxy) is 2. The molecule has 0 saturated carbocycles. The molecule has 2 saturated heterocycles. The van der Waals surface area contributed by atoms with Crippen molar-refractivity contribution in [2.75, 3.05) is 43.6 Å². The van der Waals surface area contributed by atoms with Crippen molar-refractivity contribution in [2.24, 2.45) is 0 Å². The Morgan fingerprint density at radius 2 is 1.55 bits per heavy atom. The Morgan fingerprint density at radius 3 is 2.05 bits per heavy atom. The Labute approximate surface area is 122 Å². The molecule has 4 nitrogen and oxygen atoms in total. The first-order valence-electron chi connectivity index (χ1n) is 7.62. The van der Waals surface area contributed by atoms with Gasteiger partial charge in [0, 0.05) is 44.4 Å². The van der Waals surface area contributed by atoms with Gasteiger partial charge in [-0.2, -0.15) is 0 Å². The van der Waals surface area contributed by atoms with E-state index in [2.05, 4.69) is 34.5 Å². The van der Waals surface area contributed by atoms with Crippen molar-refractivity contribution in [2.45, 2.75) is 32.5 Å². The Morgan fingerprint density at radius 1 is 1.00 bits per heavy atom. The molecule has 0 amide bonds. The zero-order valence-electron chi connectivity index (χ0n) is 12.8. The van der Waals surface area contributed by atoms with Crippen molar-refractivity contribution >= 4 is 11.4 Å². The maximum atomic E-state index is 5.74. The summed E-state index contributed by atoms with van der Waals surface area (Å²) in [7, 11) is 1.94. The molecule has 0 atom stereocenters. The van der Waals surface area contributed by atoms with Gasteiger partial charge in [0.1, 0.15) is 0 Å². The summed E-state index contributed by atoms with van der Waals surface area (Å²) in [6.45, 7) is 7.49. The highest BCUT2D eigenvalue weighted by molar-refractivity contribution is 5.55. The Bertz CT molecular complexity index is 389. The predicted octanol–water partition coefficient (Wildman–Crippen LogP) is 3.10. The molecule has 2 aliphatic heterocycles. The van der Waals surface area contributed by atoms with E-state index in [0.29, 0.717) is 0 Å². The Balaban J connectivity index is 0.000000704. The number of nitrogens with one attached hydrogen (secondary N) is 1. The van der Waals surface area contributed by atoms with Gasteiger partial charge in [-0.25, -0.2) is 0 Å². The fourth-order valence-electron chi connectivity index (χ4n) is 2.73. The van der Waals surface area contributed by atoms with Crippen molar-refractivity contribution in [1.29, 1.82) is 0 Å². The van der Waals surface area contributed by atoms with Gasteiger partial charge in [-0.15, -0.1) is 0 Å². The molecule has 20 heavy (non-hydrogen) atoms. The van der Waals surface area contributed by atoms with Gasteiger partial charge in [0.25, 0.3) is 0 Å². The fourth-order valence-corrected chi connectivity index (χ4v) is 2.73. The van der Waals surface area contributed by atoms with Crippen LogP contribution in [0.5, 0.6) is 0 Å².